The minimum absolute atomic E-state index is 0.200. The van der Waals surface area contributed by atoms with E-state index in [1.807, 2.05) is 11.0 Å². The Bertz CT molecular complexity index is 430. The summed E-state index contributed by atoms with van der Waals surface area (Å²) >= 11 is 0. The number of hydrogen-bond acceptors (Lipinski definition) is 2. The van der Waals surface area contributed by atoms with Crippen LogP contribution in [-0.2, 0) is 4.79 Å². The zero-order valence-electron chi connectivity index (χ0n) is 10.5. The molecule has 1 amide bonds. The SMILES string of the molecule is O=C(C1CC=CC1)N1CCC[C@@H](c2ccn[nH]2)C1. The molecule has 0 unspecified atom stereocenters. The number of allylic oxidation sites excluding steroid dienone is 2. The number of hydrogen-bond donors (Lipinski definition) is 1. The lowest BCUT2D eigenvalue weighted by molar-refractivity contribution is -0.136. The Labute approximate surface area is 107 Å². The van der Waals surface area contributed by atoms with E-state index in [4.69, 9.17) is 0 Å². The van der Waals surface area contributed by atoms with Gasteiger partial charge < -0.3 is 4.90 Å². The van der Waals surface area contributed by atoms with Crippen molar-refractivity contribution in [2.24, 2.45) is 5.92 Å². The lowest BCUT2D eigenvalue weighted by atomic mass is 9.93. The molecule has 1 fully saturated rings. The number of carbonyl (C=O) groups is 1. The summed E-state index contributed by atoms with van der Waals surface area (Å²) in [6.07, 6.45) is 10.1. The Morgan fingerprint density at radius 2 is 2.22 bits per heavy atom. The predicted octanol–water partition coefficient (Wildman–Crippen LogP) is 2.08. The minimum atomic E-state index is 0.200. The van der Waals surface area contributed by atoms with E-state index >= 15 is 0 Å². The Morgan fingerprint density at radius 1 is 1.39 bits per heavy atom. The zero-order chi connectivity index (χ0) is 12.4. The van der Waals surface area contributed by atoms with Crippen LogP contribution in [0.2, 0.25) is 0 Å². The highest BCUT2D eigenvalue weighted by Crippen LogP contribution is 2.28. The van der Waals surface area contributed by atoms with Crippen molar-refractivity contribution in [3.8, 4) is 0 Å². The molecule has 1 saturated heterocycles. The van der Waals surface area contributed by atoms with Gasteiger partial charge in [0.2, 0.25) is 5.91 Å². The highest BCUT2D eigenvalue weighted by Gasteiger charge is 2.29. The second-order valence-corrected chi connectivity index (χ2v) is 5.28. The molecule has 3 rings (SSSR count). The summed E-state index contributed by atoms with van der Waals surface area (Å²) in [4.78, 5) is 14.4. The molecule has 0 spiro atoms. The van der Waals surface area contributed by atoms with Crippen molar-refractivity contribution < 1.29 is 4.79 Å². The van der Waals surface area contributed by atoms with Gasteiger partial charge in [-0.3, -0.25) is 9.89 Å². The smallest absolute Gasteiger partial charge is 0.226 e. The third-order valence-corrected chi connectivity index (χ3v) is 4.05. The summed E-state index contributed by atoms with van der Waals surface area (Å²) in [6.45, 7) is 1.76. The molecule has 1 aliphatic heterocycles. The van der Waals surface area contributed by atoms with E-state index in [1.165, 1.54) is 0 Å². The van der Waals surface area contributed by atoms with E-state index in [9.17, 15) is 4.79 Å². The number of likely N-dealkylation sites (tertiary alicyclic amines) is 1. The van der Waals surface area contributed by atoms with Crippen LogP contribution >= 0.6 is 0 Å². The van der Waals surface area contributed by atoms with Gasteiger partial charge in [0.15, 0.2) is 0 Å². The molecule has 2 aliphatic rings. The second kappa shape index (κ2) is 4.96. The first kappa shape index (κ1) is 11.5. The zero-order valence-corrected chi connectivity index (χ0v) is 10.5. The molecule has 18 heavy (non-hydrogen) atoms. The lowest BCUT2D eigenvalue weighted by Gasteiger charge is -2.33. The average molecular weight is 245 g/mol. The van der Waals surface area contributed by atoms with Crippen molar-refractivity contribution in [3.05, 3.63) is 30.1 Å². The summed E-state index contributed by atoms with van der Waals surface area (Å²) in [6, 6.07) is 2.02. The standard InChI is InChI=1S/C14H19N3O/c18-14(11-4-1-2-5-11)17-9-3-6-12(10-17)13-7-8-15-16-13/h1-2,7-8,11-12H,3-6,9-10H2,(H,15,16)/t12-/m1/s1. The summed E-state index contributed by atoms with van der Waals surface area (Å²) in [5, 5.41) is 7.04. The molecule has 0 aromatic carbocycles. The number of rotatable bonds is 2. The van der Waals surface area contributed by atoms with Crippen LogP contribution in [0.25, 0.3) is 0 Å². The molecule has 1 aromatic heterocycles. The van der Waals surface area contributed by atoms with Gasteiger partial charge in [0.25, 0.3) is 0 Å². The molecule has 0 saturated carbocycles. The van der Waals surface area contributed by atoms with Crippen molar-refractivity contribution in [2.45, 2.75) is 31.6 Å². The Morgan fingerprint density at radius 3 is 2.94 bits per heavy atom. The number of amides is 1. The third kappa shape index (κ3) is 2.19. The first-order chi connectivity index (χ1) is 8.84. The van der Waals surface area contributed by atoms with Crippen LogP contribution in [0, 0.1) is 5.92 Å². The molecule has 0 radical (unpaired) electrons. The summed E-state index contributed by atoms with van der Waals surface area (Å²) < 4.78 is 0. The predicted molar refractivity (Wildman–Crippen MR) is 69.0 cm³/mol. The van der Waals surface area contributed by atoms with E-state index in [-0.39, 0.29) is 5.92 Å². The number of nitrogens with zero attached hydrogens (tertiary/aromatic N) is 2. The van der Waals surface area contributed by atoms with Crippen LogP contribution in [0.4, 0.5) is 0 Å². The van der Waals surface area contributed by atoms with E-state index in [1.54, 1.807) is 6.20 Å². The molecule has 96 valence electrons. The Hall–Kier alpha value is -1.58. The highest BCUT2D eigenvalue weighted by molar-refractivity contribution is 5.79. The number of H-pyrrole nitrogens is 1. The lowest BCUT2D eigenvalue weighted by Crippen LogP contribution is -2.42. The highest BCUT2D eigenvalue weighted by atomic mass is 16.2. The number of aromatic nitrogens is 2. The largest absolute Gasteiger partial charge is 0.342 e. The maximum atomic E-state index is 12.4. The van der Waals surface area contributed by atoms with Gasteiger partial charge in [-0.15, -0.1) is 0 Å². The maximum Gasteiger partial charge on any atom is 0.226 e. The van der Waals surface area contributed by atoms with Crippen LogP contribution in [0.1, 0.15) is 37.3 Å². The molecule has 0 bridgehead atoms. The van der Waals surface area contributed by atoms with Gasteiger partial charge in [-0.1, -0.05) is 12.2 Å². The molecule has 1 aromatic rings. The van der Waals surface area contributed by atoms with Crippen molar-refractivity contribution in [2.75, 3.05) is 13.1 Å². The number of piperidine rings is 1. The summed E-state index contributed by atoms with van der Waals surface area (Å²) in [5.41, 5.74) is 1.16. The average Bonchev–Trinajstić information content (AvgIpc) is 3.11. The topological polar surface area (TPSA) is 49.0 Å². The van der Waals surface area contributed by atoms with Gasteiger partial charge in [0.05, 0.1) is 0 Å². The monoisotopic (exact) mass is 245 g/mol. The van der Waals surface area contributed by atoms with Gasteiger partial charge in [-0.2, -0.15) is 5.10 Å². The molecule has 4 nitrogen and oxygen atoms in total. The van der Waals surface area contributed by atoms with Crippen molar-refractivity contribution in [1.82, 2.24) is 15.1 Å². The van der Waals surface area contributed by atoms with Gasteiger partial charge >= 0.3 is 0 Å². The Kier molecular flexibility index (Phi) is 3.17. The van der Waals surface area contributed by atoms with E-state index < -0.39 is 0 Å². The Balaban J connectivity index is 1.65. The minimum Gasteiger partial charge on any atom is -0.342 e. The quantitative estimate of drug-likeness (QED) is 0.811. The fourth-order valence-corrected chi connectivity index (χ4v) is 3.00. The first-order valence-electron chi connectivity index (χ1n) is 6.77. The van der Waals surface area contributed by atoms with E-state index in [0.717, 1.165) is 44.5 Å². The van der Waals surface area contributed by atoms with E-state index in [2.05, 4.69) is 22.3 Å². The first-order valence-corrected chi connectivity index (χ1v) is 6.77. The second-order valence-electron chi connectivity index (χ2n) is 5.28. The van der Waals surface area contributed by atoms with Crippen LogP contribution in [0.3, 0.4) is 0 Å². The van der Waals surface area contributed by atoms with E-state index in [0.29, 0.717) is 11.8 Å². The fraction of sp³-hybridized carbons (Fsp3) is 0.571. The molecule has 4 heteroatoms. The molecule has 1 N–H and O–H groups in total. The van der Waals surface area contributed by atoms with Crippen molar-refractivity contribution in [1.29, 1.82) is 0 Å². The summed E-state index contributed by atoms with van der Waals surface area (Å²) in [7, 11) is 0. The van der Waals surface area contributed by atoms with Crippen molar-refractivity contribution in [3.63, 3.8) is 0 Å². The van der Waals surface area contributed by atoms with Crippen LogP contribution in [0.15, 0.2) is 24.4 Å². The molecular formula is C14H19N3O. The maximum absolute atomic E-state index is 12.4. The number of carbonyl (C=O) groups excluding carboxylic acids is 1. The van der Waals surface area contributed by atoms with Gasteiger partial charge in [0, 0.05) is 36.8 Å². The molecule has 1 atom stereocenters. The molecular weight excluding hydrogens is 226 g/mol. The van der Waals surface area contributed by atoms with Gasteiger partial charge in [-0.05, 0) is 31.7 Å². The molecule has 2 heterocycles. The van der Waals surface area contributed by atoms with Gasteiger partial charge in [0.1, 0.15) is 0 Å². The van der Waals surface area contributed by atoms with Crippen molar-refractivity contribution >= 4 is 5.91 Å². The number of nitrogens with one attached hydrogen (secondary N) is 1. The normalized spacial score (nSPS) is 24.7. The number of aromatic amines is 1. The third-order valence-electron chi connectivity index (χ3n) is 4.05. The van der Waals surface area contributed by atoms with Crippen LogP contribution in [-0.4, -0.2) is 34.1 Å². The fourth-order valence-electron chi connectivity index (χ4n) is 3.00. The van der Waals surface area contributed by atoms with Crippen LogP contribution in [0.5, 0.6) is 0 Å². The summed E-state index contributed by atoms with van der Waals surface area (Å²) in [5.74, 6) is 0.967. The van der Waals surface area contributed by atoms with Gasteiger partial charge in [-0.25, -0.2) is 0 Å². The molecule has 1 aliphatic carbocycles. The van der Waals surface area contributed by atoms with Crippen LogP contribution < -0.4 is 0 Å².